The Kier molecular flexibility index (Phi) is 6.52. The highest BCUT2D eigenvalue weighted by Gasteiger charge is 2.23. The van der Waals surface area contributed by atoms with E-state index in [1.807, 2.05) is 13.8 Å². The van der Waals surface area contributed by atoms with Crippen molar-refractivity contribution in [1.82, 2.24) is 24.5 Å². The van der Waals surface area contributed by atoms with Crippen molar-refractivity contribution in [3.63, 3.8) is 0 Å². The number of nitriles is 1. The summed E-state index contributed by atoms with van der Waals surface area (Å²) in [5.74, 6) is -0.203. The summed E-state index contributed by atoms with van der Waals surface area (Å²) in [7, 11) is -3.35. The monoisotopic (exact) mass is 461 g/mol. The quantitative estimate of drug-likeness (QED) is 0.524. The van der Waals surface area contributed by atoms with Gasteiger partial charge in [0.15, 0.2) is 21.3 Å². The number of hydrogen-bond acceptors (Lipinski definition) is 9. The predicted octanol–water partition coefficient (Wildman–Crippen LogP) is 2.36. The number of rotatable bonds is 7. The highest BCUT2D eigenvalue weighted by atomic mass is 35.5. The average molecular weight is 462 g/mol. The number of halogens is 1. The van der Waals surface area contributed by atoms with Gasteiger partial charge >= 0.3 is 0 Å². The van der Waals surface area contributed by atoms with Crippen LogP contribution in [0.25, 0.3) is 11.2 Å². The van der Waals surface area contributed by atoms with Crippen LogP contribution in [0.1, 0.15) is 32.5 Å². The molecule has 0 bridgehead atoms. The first kappa shape index (κ1) is 22.6. The van der Waals surface area contributed by atoms with Crippen molar-refractivity contribution in [2.24, 2.45) is 5.92 Å². The van der Waals surface area contributed by atoms with Gasteiger partial charge in [0.2, 0.25) is 5.28 Å². The molecule has 0 radical (unpaired) electrons. The van der Waals surface area contributed by atoms with Gasteiger partial charge in [-0.3, -0.25) is 14.3 Å². The van der Waals surface area contributed by atoms with E-state index in [-0.39, 0.29) is 39.9 Å². The van der Waals surface area contributed by atoms with Gasteiger partial charge in [-0.2, -0.15) is 10.2 Å². The molecule has 3 rings (SSSR count). The predicted molar refractivity (Wildman–Crippen MR) is 115 cm³/mol. The van der Waals surface area contributed by atoms with Crippen molar-refractivity contribution in [3.8, 4) is 6.07 Å². The van der Waals surface area contributed by atoms with Gasteiger partial charge < -0.3 is 5.32 Å². The smallest absolute Gasteiger partial charge is 0.296 e. The third kappa shape index (κ3) is 4.65. The molecule has 1 N–H and O–H groups in total. The maximum absolute atomic E-state index is 13.1. The summed E-state index contributed by atoms with van der Waals surface area (Å²) in [5.41, 5.74) is 0.441. The third-order valence-electron chi connectivity index (χ3n) is 4.62. The summed E-state index contributed by atoms with van der Waals surface area (Å²) in [4.78, 5) is 29.7. The van der Waals surface area contributed by atoms with Gasteiger partial charge in [0.1, 0.15) is 11.6 Å². The van der Waals surface area contributed by atoms with Crippen LogP contribution in [0.4, 0.5) is 5.82 Å². The molecule has 1 atom stereocenters. The molecule has 0 aliphatic rings. The number of fused-ring (bicyclic) bond motifs is 1. The molecule has 162 valence electrons. The van der Waals surface area contributed by atoms with Crippen LogP contribution in [0.15, 0.2) is 34.2 Å². The van der Waals surface area contributed by atoms with E-state index < -0.39 is 21.4 Å². The molecule has 10 nitrogen and oxygen atoms in total. The molecule has 0 amide bonds. The first-order chi connectivity index (χ1) is 14.7. The molecule has 3 aromatic rings. The Hall–Kier alpha value is -3.10. The molecule has 0 saturated heterocycles. The SMILES string of the molecule is CCS(=O)(=O)c1ccc(CNc2nc3cnc(Cl)nc3n(C(C#N)C(C)C)c2=O)nc1. The van der Waals surface area contributed by atoms with Crippen LogP contribution < -0.4 is 10.9 Å². The summed E-state index contributed by atoms with van der Waals surface area (Å²) < 4.78 is 25.1. The number of hydrogen-bond donors (Lipinski definition) is 1. The van der Waals surface area contributed by atoms with Crippen LogP contribution >= 0.6 is 11.6 Å². The molecule has 0 aromatic carbocycles. The van der Waals surface area contributed by atoms with Gasteiger partial charge in [-0.05, 0) is 29.7 Å². The Labute approximate surface area is 183 Å². The van der Waals surface area contributed by atoms with E-state index in [0.717, 1.165) is 0 Å². The first-order valence-corrected chi connectivity index (χ1v) is 11.5. The van der Waals surface area contributed by atoms with Crippen LogP contribution in [0, 0.1) is 17.2 Å². The lowest BCUT2D eigenvalue weighted by Gasteiger charge is -2.19. The largest absolute Gasteiger partial charge is 0.360 e. The van der Waals surface area contributed by atoms with Gasteiger partial charge in [0.25, 0.3) is 5.56 Å². The number of nitrogens with one attached hydrogen (secondary N) is 1. The summed E-state index contributed by atoms with van der Waals surface area (Å²) >= 11 is 5.89. The first-order valence-electron chi connectivity index (χ1n) is 9.44. The van der Waals surface area contributed by atoms with Crippen LogP contribution in [0.5, 0.6) is 0 Å². The van der Waals surface area contributed by atoms with E-state index in [1.165, 1.54) is 23.0 Å². The lowest BCUT2D eigenvalue weighted by molar-refractivity contribution is 0.458. The van der Waals surface area contributed by atoms with Crippen molar-refractivity contribution in [1.29, 1.82) is 5.26 Å². The summed E-state index contributed by atoms with van der Waals surface area (Å²) in [6, 6.07) is 4.37. The highest BCUT2D eigenvalue weighted by Crippen LogP contribution is 2.21. The normalized spacial score (nSPS) is 12.6. The van der Waals surface area contributed by atoms with Gasteiger partial charge in [-0.15, -0.1) is 0 Å². The van der Waals surface area contributed by atoms with E-state index in [9.17, 15) is 18.5 Å². The second kappa shape index (κ2) is 8.95. The molecule has 1 unspecified atom stereocenters. The number of pyridine rings is 1. The lowest BCUT2D eigenvalue weighted by atomic mass is 10.1. The second-order valence-electron chi connectivity index (χ2n) is 7.04. The third-order valence-corrected chi connectivity index (χ3v) is 6.52. The Morgan fingerprint density at radius 2 is 1.97 bits per heavy atom. The van der Waals surface area contributed by atoms with Crippen LogP contribution in [0.3, 0.4) is 0 Å². The molecule has 0 aliphatic carbocycles. The Morgan fingerprint density at radius 3 is 2.55 bits per heavy atom. The van der Waals surface area contributed by atoms with E-state index in [0.29, 0.717) is 11.2 Å². The van der Waals surface area contributed by atoms with Crippen molar-refractivity contribution in [2.45, 2.75) is 38.3 Å². The Balaban J connectivity index is 2.00. The average Bonchev–Trinajstić information content (AvgIpc) is 2.75. The Bertz CT molecular complexity index is 1320. The molecule has 31 heavy (non-hydrogen) atoms. The molecule has 3 aromatic heterocycles. The fourth-order valence-electron chi connectivity index (χ4n) is 2.90. The minimum atomic E-state index is -3.35. The van der Waals surface area contributed by atoms with E-state index >= 15 is 0 Å². The molecule has 0 spiro atoms. The van der Waals surface area contributed by atoms with Crippen molar-refractivity contribution in [2.75, 3.05) is 11.1 Å². The zero-order chi connectivity index (χ0) is 22.8. The maximum Gasteiger partial charge on any atom is 0.296 e. The van der Waals surface area contributed by atoms with E-state index in [2.05, 4.69) is 31.3 Å². The molecular formula is C19H20ClN7O3S. The molecular weight excluding hydrogens is 442 g/mol. The minimum absolute atomic E-state index is 0.00798. The molecule has 0 fully saturated rings. The molecule has 3 heterocycles. The molecule has 12 heteroatoms. The van der Waals surface area contributed by atoms with Gasteiger partial charge in [-0.1, -0.05) is 20.8 Å². The summed E-state index contributed by atoms with van der Waals surface area (Å²) in [6.45, 7) is 5.31. The van der Waals surface area contributed by atoms with Gasteiger partial charge in [0, 0.05) is 6.20 Å². The zero-order valence-electron chi connectivity index (χ0n) is 17.1. The minimum Gasteiger partial charge on any atom is -0.360 e. The van der Waals surface area contributed by atoms with E-state index in [1.54, 1.807) is 13.0 Å². The van der Waals surface area contributed by atoms with E-state index in [4.69, 9.17) is 11.6 Å². The zero-order valence-corrected chi connectivity index (χ0v) is 18.6. The van der Waals surface area contributed by atoms with Gasteiger partial charge in [-0.25, -0.2) is 18.4 Å². The lowest BCUT2D eigenvalue weighted by Crippen LogP contribution is -2.31. The number of sulfone groups is 1. The fourth-order valence-corrected chi connectivity index (χ4v) is 3.85. The Morgan fingerprint density at radius 1 is 1.23 bits per heavy atom. The molecule has 0 saturated carbocycles. The topological polar surface area (TPSA) is 144 Å². The van der Waals surface area contributed by atoms with Crippen LogP contribution in [0.2, 0.25) is 5.28 Å². The highest BCUT2D eigenvalue weighted by molar-refractivity contribution is 7.91. The van der Waals surface area contributed by atoms with Crippen LogP contribution in [-0.4, -0.2) is 38.7 Å². The number of anilines is 1. The number of nitrogens with zero attached hydrogens (tertiary/aromatic N) is 6. The van der Waals surface area contributed by atoms with Crippen molar-refractivity contribution in [3.05, 3.63) is 45.9 Å². The van der Waals surface area contributed by atoms with Gasteiger partial charge in [0.05, 0.1) is 35.2 Å². The summed E-state index contributed by atoms with van der Waals surface area (Å²) in [5, 5.41) is 12.5. The second-order valence-corrected chi connectivity index (χ2v) is 9.66. The fraction of sp³-hybridized carbons (Fsp3) is 0.368. The van der Waals surface area contributed by atoms with Crippen molar-refractivity contribution < 1.29 is 8.42 Å². The summed E-state index contributed by atoms with van der Waals surface area (Å²) in [6.07, 6.45) is 2.66. The number of aromatic nitrogens is 5. The van der Waals surface area contributed by atoms with Crippen molar-refractivity contribution >= 4 is 38.4 Å². The molecule has 0 aliphatic heterocycles. The standard InChI is InChI=1S/C19H20ClN7O3S/c1-4-31(29,30)13-6-5-12(22-9-13)8-23-16-18(28)27(15(7-21)11(2)3)17-14(25-16)10-24-19(20)26-17/h5-6,9-11,15H,4,8H2,1-3H3,(H,23,25). The van der Waals surface area contributed by atoms with Crippen LogP contribution in [-0.2, 0) is 16.4 Å². The maximum atomic E-state index is 13.1.